The summed E-state index contributed by atoms with van der Waals surface area (Å²) in [6, 6.07) is 15.5. The highest BCUT2D eigenvalue weighted by atomic mass is 32.2. The standard InChI is InChI=1S/C18H21N3O3S/c19-10-15-11-21(12-17(15)13-4-2-1-3-5-13)25(23,24)16-8-6-14(7-9-16)18(20)22/h1-9,15,17H,10-12,19H2,(H2,20,22)/t15-,17+/m1/s1. The van der Waals surface area contributed by atoms with Crippen molar-refractivity contribution in [3.8, 4) is 0 Å². The van der Waals surface area contributed by atoms with Gasteiger partial charge in [-0.1, -0.05) is 30.3 Å². The zero-order valence-electron chi connectivity index (χ0n) is 13.7. The topological polar surface area (TPSA) is 106 Å². The Kier molecular flexibility index (Phi) is 4.89. The Balaban J connectivity index is 1.87. The third kappa shape index (κ3) is 3.44. The van der Waals surface area contributed by atoms with Crippen LogP contribution < -0.4 is 11.5 Å². The van der Waals surface area contributed by atoms with Crippen LogP contribution in [0.5, 0.6) is 0 Å². The number of nitrogens with two attached hydrogens (primary N) is 2. The van der Waals surface area contributed by atoms with E-state index in [1.165, 1.54) is 28.6 Å². The molecule has 0 bridgehead atoms. The highest BCUT2D eigenvalue weighted by molar-refractivity contribution is 7.89. The Morgan fingerprint density at radius 3 is 2.24 bits per heavy atom. The van der Waals surface area contributed by atoms with E-state index in [2.05, 4.69) is 0 Å². The summed E-state index contributed by atoms with van der Waals surface area (Å²) in [4.78, 5) is 11.3. The van der Waals surface area contributed by atoms with Crippen LogP contribution in [0.25, 0.3) is 0 Å². The molecular weight excluding hydrogens is 338 g/mol. The van der Waals surface area contributed by atoms with Crippen LogP contribution in [-0.2, 0) is 10.0 Å². The van der Waals surface area contributed by atoms with Crippen molar-refractivity contribution in [2.45, 2.75) is 10.8 Å². The first-order valence-electron chi connectivity index (χ1n) is 8.08. The van der Waals surface area contributed by atoms with E-state index >= 15 is 0 Å². The molecule has 1 heterocycles. The molecule has 1 aliphatic rings. The Hall–Kier alpha value is -2.22. The summed E-state index contributed by atoms with van der Waals surface area (Å²) in [5.74, 6) is -0.439. The van der Waals surface area contributed by atoms with Crippen LogP contribution in [0.15, 0.2) is 59.5 Å². The maximum Gasteiger partial charge on any atom is 0.248 e. The second kappa shape index (κ2) is 6.95. The maximum atomic E-state index is 12.9. The molecular formula is C18H21N3O3S. The van der Waals surface area contributed by atoms with Crippen molar-refractivity contribution in [2.75, 3.05) is 19.6 Å². The molecule has 1 amide bonds. The molecule has 1 aliphatic heterocycles. The van der Waals surface area contributed by atoms with Crippen molar-refractivity contribution < 1.29 is 13.2 Å². The second-order valence-corrected chi connectivity index (χ2v) is 8.16. The summed E-state index contributed by atoms with van der Waals surface area (Å²) >= 11 is 0. The van der Waals surface area contributed by atoms with Crippen molar-refractivity contribution in [1.82, 2.24) is 4.31 Å². The monoisotopic (exact) mass is 359 g/mol. The first-order valence-corrected chi connectivity index (χ1v) is 9.52. The van der Waals surface area contributed by atoms with Gasteiger partial charge in [-0.15, -0.1) is 0 Å². The lowest BCUT2D eigenvalue weighted by atomic mass is 9.89. The molecule has 2 aromatic rings. The normalized spacial score (nSPS) is 21.3. The molecule has 25 heavy (non-hydrogen) atoms. The number of carbonyl (C=O) groups excluding carboxylic acids is 1. The summed E-state index contributed by atoms with van der Waals surface area (Å²) in [7, 11) is -3.64. The van der Waals surface area contributed by atoms with Crippen molar-refractivity contribution in [3.05, 3.63) is 65.7 Å². The van der Waals surface area contributed by atoms with Gasteiger partial charge < -0.3 is 11.5 Å². The molecule has 0 aliphatic carbocycles. The van der Waals surface area contributed by atoms with Gasteiger partial charge in [0.1, 0.15) is 0 Å². The molecule has 4 N–H and O–H groups in total. The van der Waals surface area contributed by atoms with E-state index in [9.17, 15) is 13.2 Å². The molecule has 0 unspecified atom stereocenters. The Labute approximate surface area is 147 Å². The van der Waals surface area contributed by atoms with Gasteiger partial charge in [-0.3, -0.25) is 4.79 Å². The number of hydrogen-bond acceptors (Lipinski definition) is 4. The predicted octanol–water partition coefficient (Wildman–Crippen LogP) is 1.15. The van der Waals surface area contributed by atoms with Crippen LogP contribution in [0.2, 0.25) is 0 Å². The fourth-order valence-corrected chi connectivity index (χ4v) is 4.81. The smallest absolute Gasteiger partial charge is 0.248 e. The minimum Gasteiger partial charge on any atom is -0.366 e. The molecule has 0 aromatic heterocycles. The van der Waals surface area contributed by atoms with Crippen LogP contribution in [0.4, 0.5) is 0 Å². The van der Waals surface area contributed by atoms with Crippen LogP contribution in [0, 0.1) is 5.92 Å². The summed E-state index contributed by atoms with van der Waals surface area (Å²) in [6.07, 6.45) is 0. The molecule has 132 valence electrons. The van der Waals surface area contributed by atoms with Gasteiger partial charge in [0.15, 0.2) is 0 Å². The van der Waals surface area contributed by atoms with E-state index in [4.69, 9.17) is 11.5 Å². The average Bonchev–Trinajstić information content (AvgIpc) is 3.08. The number of primary amides is 1. The Bertz CT molecular complexity index is 851. The average molecular weight is 359 g/mol. The fraction of sp³-hybridized carbons (Fsp3) is 0.278. The van der Waals surface area contributed by atoms with Crippen LogP contribution in [-0.4, -0.2) is 38.3 Å². The Morgan fingerprint density at radius 1 is 1.04 bits per heavy atom. The minimum absolute atomic E-state index is 0.0714. The van der Waals surface area contributed by atoms with Gasteiger partial charge in [0.25, 0.3) is 0 Å². The fourth-order valence-electron chi connectivity index (χ4n) is 3.28. The first kappa shape index (κ1) is 17.6. The predicted molar refractivity (Wildman–Crippen MR) is 95.4 cm³/mol. The van der Waals surface area contributed by atoms with Gasteiger partial charge in [0.2, 0.25) is 15.9 Å². The molecule has 0 spiro atoms. The van der Waals surface area contributed by atoms with Crippen LogP contribution >= 0.6 is 0 Å². The number of benzene rings is 2. The zero-order chi connectivity index (χ0) is 18.0. The van der Waals surface area contributed by atoms with E-state index in [-0.39, 0.29) is 22.3 Å². The lowest BCUT2D eigenvalue weighted by Crippen LogP contribution is -2.30. The molecule has 0 saturated carbocycles. The summed E-state index contributed by atoms with van der Waals surface area (Å²) < 4.78 is 27.3. The van der Waals surface area contributed by atoms with Crippen molar-refractivity contribution in [1.29, 1.82) is 0 Å². The molecule has 2 aromatic carbocycles. The van der Waals surface area contributed by atoms with Gasteiger partial charge in [-0.25, -0.2) is 8.42 Å². The number of sulfonamides is 1. The van der Waals surface area contributed by atoms with Gasteiger partial charge in [0, 0.05) is 24.6 Å². The lowest BCUT2D eigenvalue weighted by molar-refractivity contribution is 0.1000. The second-order valence-electron chi connectivity index (χ2n) is 6.22. The summed E-state index contributed by atoms with van der Waals surface area (Å²) in [6.45, 7) is 1.20. The molecule has 1 fully saturated rings. The number of carbonyl (C=O) groups is 1. The van der Waals surface area contributed by atoms with E-state index in [1.807, 2.05) is 30.3 Å². The van der Waals surface area contributed by atoms with Crippen LogP contribution in [0.3, 0.4) is 0 Å². The zero-order valence-corrected chi connectivity index (χ0v) is 14.5. The number of nitrogens with zero attached hydrogens (tertiary/aromatic N) is 1. The number of amides is 1. The Morgan fingerprint density at radius 2 is 1.68 bits per heavy atom. The number of hydrogen-bond donors (Lipinski definition) is 2. The van der Waals surface area contributed by atoms with E-state index < -0.39 is 15.9 Å². The lowest BCUT2D eigenvalue weighted by Gasteiger charge is -2.17. The van der Waals surface area contributed by atoms with Gasteiger partial charge in [0.05, 0.1) is 4.90 Å². The summed E-state index contributed by atoms with van der Waals surface area (Å²) in [5, 5.41) is 0. The maximum absolute atomic E-state index is 12.9. The van der Waals surface area contributed by atoms with Crippen molar-refractivity contribution in [2.24, 2.45) is 17.4 Å². The molecule has 0 radical (unpaired) electrons. The van der Waals surface area contributed by atoms with Gasteiger partial charge in [-0.05, 0) is 42.3 Å². The highest BCUT2D eigenvalue weighted by Gasteiger charge is 2.39. The van der Waals surface area contributed by atoms with Gasteiger partial charge >= 0.3 is 0 Å². The largest absolute Gasteiger partial charge is 0.366 e. The quantitative estimate of drug-likeness (QED) is 0.835. The van der Waals surface area contributed by atoms with Gasteiger partial charge in [-0.2, -0.15) is 4.31 Å². The SMILES string of the molecule is NC[C@@H]1CN(S(=O)(=O)c2ccc(C(N)=O)cc2)C[C@H]1c1ccccc1. The molecule has 1 saturated heterocycles. The van der Waals surface area contributed by atoms with E-state index in [0.717, 1.165) is 5.56 Å². The third-order valence-corrected chi connectivity index (χ3v) is 6.56. The van der Waals surface area contributed by atoms with E-state index in [0.29, 0.717) is 19.6 Å². The van der Waals surface area contributed by atoms with E-state index in [1.54, 1.807) is 0 Å². The highest BCUT2D eigenvalue weighted by Crippen LogP contribution is 2.35. The van der Waals surface area contributed by atoms with Crippen molar-refractivity contribution >= 4 is 15.9 Å². The first-order chi connectivity index (χ1) is 11.9. The van der Waals surface area contributed by atoms with Crippen LogP contribution in [0.1, 0.15) is 21.8 Å². The summed E-state index contributed by atoms with van der Waals surface area (Å²) in [5.41, 5.74) is 12.5. The molecule has 7 heteroatoms. The molecule has 6 nitrogen and oxygen atoms in total. The minimum atomic E-state index is -3.64. The molecule has 3 rings (SSSR count). The number of rotatable bonds is 5. The van der Waals surface area contributed by atoms with Crippen molar-refractivity contribution in [3.63, 3.8) is 0 Å². The molecule has 2 atom stereocenters. The third-order valence-electron chi connectivity index (χ3n) is 4.71.